The summed E-state index contributed by atoms with van der Waals surface area (Å²) in [6, 6.07) is 8.67. The number of aryl methyl sites for hydroxylation is 1. The molecule has 1 atom stereocenters. The lowest BCUT2D eigenvalue weighted by molar-refractivity contribution is -0.148. The van der Waals surface area contributed by atoms with E-state index in [-0.39, 0.29) is 17.4 Å². The molecule has 2 aliphatic rings. The van der Waals surface area contributed by atoms with E-state index in [2.05, 4.69) is 58.9 Å². The Hall–Kier alpha value is -3.01. The topological polar surface area (TPSA) is 91.3 Å². The average molecular weight is 506 g/mol. The van der Waals surface area contributed by atoms with Gasteiger partial charge in [0.1, 0.15) is 17.7 Å². The van der Waals surface area contributed by atoms with Crippen molar-refractivity contribution in [2.45, 2.75) is 58.4 Å². The normalized spacial score (nSPS) is 19.6. The zero-order chi connectivity index (χ0) is 25.7. The fourth-order valence-corrected chi connectivity index (χ4v) is 5.86. The van der Waals surface area contributed by atoms with E-state index in [0.29, 0.717) is 13.2 Å². The molecule has 9 heteroatoms. The molecule has 3 aromatic rings. The van der Waals surface area contributed by atoms with Crippen molar-refractivity contribution in [1.29, 1.82) is 0 Å². The van der Waals surface area contributed by atoms with Crippen molar-refractivity contribution in [3.63, 3.8) is 0 Å². The summed E-state index contributed by atoms with van der Waals surface area (Å²) in [6.07, 6.45) is 10.6. The summed E-state index contributed by atoms with van der Waals surface area (Å²) in [5, 5.41) is 3.47. The quantitative estimate of drug-likeness (QED) is 0.410. The largest absolute Gasteiger partial charge is 0.465 e. The highest BCUT2D eigenvalue weighted by atomic mass is 16.5. The van der Waals surface area contributed by atoms with Gasteiger partial charge in [0.05, 0.1) is 19.7 Å². The van der Waals surface area contributed by atoms with E-state index in [9.17, 15) is 4.79 Å². The highest BCUT2D eigenvalue weighted by Crippen LogP contribution is 2.42. The molecule has 0 radical (unpaired) electrons. The fraction of sp³-hybridized carbons (Fsp3) is 0.536. The van der Waals surface area contributed by atoms with Crippen LogP contribution in [0, 0.1) is 5.41 Å². The van der Waals surface area contributed by atoms with Gasteiger partial charge in [-0.2, -0.15) is 0 Å². The van der Waals surface area contributed by atoms with Crippen LogP contribution in [0.15, 0.2) is 49.1 Å². The van der Waals surface area contributed by atoms with Gasteiger partial charge in [0, 0.05) is 51.5 Å². The molecule has 0 saturated carbocycles. The zero-order valence-electron chi connectivity index (χ0n) is 22.0. The van der Waals surface area contributed by atoms with E-state index in [4.69, 9.17) is 4.74 Å². The minimum atomic E-state index is -0.153. The van der Waals surface area contributed by atoms with Gasteiger partial charge in [-0.05, 0) is 55.8 Å². The van der Waals surface area contributed by atoms with Crippen molar-refractivity contribution in [3.05, 3.63) is 71.8 Å². The molecule has 1 aromatic carbocycles. The van der Waals surface area contributed by atoms with Crippen LogP contribution in [-0.4, -0.2) is 67.6 Å². The number of hydrogen-bond donors (Lipinski definition) is 2. The van der Waals surface area contributed by atoms with Gasteiger partial charge >= 0.3 is 5.97 Å². The molecule has 2 fully saturated rings. The minimum Gasteiger partial charge on any atom is -0.465 e. The molecular formula is C28H39N7O2. The standard InChI is InChI=1S/C28H39N7O2/c1-3-37-27(36)24-16-28(8-10-29-11-9-28)21-35(24)18-23-6-4-22(5-7-23)17-34(19-25-30-12-13-31-25)20-26-32-14-15-33(26)2/h4-7,12-15,24,29H,3,8-11,16-21H2,1-2H3,(H,30,31)/t24-/m1/s1. The van der Waals surface area contributed by atoms with Gasteiger partial charge in [0.25, 0.3) is 0 Å². The van der Waals surface area contributed by atoms with E-state index in [1.165, 1.54) is 11.1 Å². The summed E-state index contributed by atoms with van der Waals surface area (Å²) >= 11 is 0. The maximum absolute atomic E-state index is 12.8. The Bertz CT molecular complexity index is 1140. The number of carbonyl (C=O) groups excluding carboxylic acids is 1. The molecule has 37 heavy (non-hydrogen) atoms. The van der Waals surface area contributed by atoms with Crippen LogP contribution < -0.4 is 5.32 Å². The van der Waals surface area contributed by atoms with Crippen LogP contribution in [0.1, 0.15) is 49.0 Å². The van der Waals surface area contributed by atoms with E-state index in [1.807, 2.05) is 32.6 Å². The third kappa shape index (κ3) is 6.29. The Morgan fingerprint density at radius 1 is 1.11 bits per heavy atom. The summed E-state index contributed by atoms with van der Waals surface area (Å²) in [4.78, 5) is 29.7. The molecule has 2 aromatic heterocycles. The molecule has 2 N–H and O–H groups in total. The van der Waals surface area contributed by atoms with Crippen LogP contribution in [0.25, 0.3) is 0 Å². The van der Waals surface area contributed by atoms with Gasteiger partial charge in [-0.3, -0.25) is 14.6 Å². The lowest BCUT2D eigenvalue weighted by Gasteiger charge is -2.33. The number of H-pyrrole nitrogens is 1. The van der Waals surface area contributed by atoms with Crippen molar-refractivity contribution in [3.8, 4) is 0 Å². The van der Waals surface area contributed by atoms with Crippen LogP contribution >= 0.6 is 0 Å². The predicted octanol–water partition coefficient (Wildman–Crippen LogP) is 2.85. The first kappa shape index (κ1) is 25.6. The van der Waals surface area contributed by atoms with Gasteiger partial charge in [-0.25, -0.2) is 9.97 Å². The van der Waals surface area contributed by atoms with Gasteiger partial charge < -0.3 is 19.6 Å². The summed E-state index contributed by atoms with van der Waals surface area (Å²) in [6.45, 7) is 8.35. The maximum atomic E-state index is 12.8. The van der Waals surface area contributed by atoms with Crippen LogP contribution in [0.2, 0.25) is 0 Å². The second kappa shape index (κ2) is 11.6. The molecular weight excluding hydrogens is 466 g/mol. The van der Waals surface area contributed by atoms with Crippen molar-refractivity contribution < 1.29 is 9.53 Å². The number of carbonyl (C=O) groups is 1. The third-order valence-electron chi connectivity index (χ3n) is 7.86. The summed E-state index contributed by atoms with van der Waals surface area (Å²) in [7, 11) is 2.03. The lowest BCUT2D eigenvalue weighted by atomic mass is 9.77. The number of esters is 1. The number of rotatable bonds is 10. The molecule has 2 saturated heterocycles. The molecule has 9 nitrogen and oxygen atoms in total. The number of piperidine rings is 1. The molecule has 198 valence electrons. The van der Waals surface area contributed by atoms with Gasteiger partial charge in [0.15, 0.2) is 0 Å². The molecule has 2 aliphatic heterocycles. The summed E-state index contributed by atoms with van der Waals surface area (Å²) in [5.74, 6) is 1.89. The Morgan fingerprint density at radius 3 is 2.57 bits per heavy atom. The van der Waals surface area contributed by atoms with Crippen LogP contribution in [0.5, 0.6) is 0 Å². The second-order valence-corrected chi connectivity index (χ2v) is 10.6. The first-order chi connectivity index (χ1) is 18.0. The highest BCUT2D eigenvalue weighted by Gasteiger charge is 2.47. The Kier molecular flexibility index (Phi) is 8.02. The monoisotopic (exact) mass is 505 g/mol. The minimum absolute atomic E-state index is 0.0719. The number of aromatic nitrogens is 4. The summed E-state index contributed by atoms with van der Waals surface area (Å²) in [5.41, 5.74) is 2.69. The van der Waals surface area contributed by atoms with Gasteiger partial charge in [-0.15, -0.1) is 0 Å². The van der Waals surface area contributed by atoms with Gasteiger partial charge in [-0.1, -0.05) is 24.3 Å². The fourth-order valence-electron chi connectivity index (χ4n) is 5.86. The molecule has 0 unspecified atom stereocenters. The first-order valence-electron chi connectivity index (χ1n) is 13.4. The zero-order valence-corrected chi connectivity index (χ0v) is 22.0. The van der Waals surface area contributed by atoms with Crippen molar-refractivity contribution in [1.82, 2.24) is 34.6 Å². The van der Waals surface area contributed by atoms with Crippen molar-refractivity contribution in [2.24, 2.45) is 12.5 Å². The molecule has 5 rings (SSSR count). The Labute approximate surface area is 219 Å². The van der Waals surface area contributed by atoms with Gasteiger partial charge in [0.2, 0.25) is 0 Å². The number of imidazole rings is 2. The van der Waals surface area contributed by atoms with Crippen LogP contribution in [0.4, 0.5) is 0 Å². The molecule has 0 bridgehead atoms. The average Bonchev–Trinajstić information content (AvgIpc) is 3.63. The smallest absolute Gasteiger partial charge is 0.323 e. The van der Waals surface area contributed by atoms with E-state index in [1.54, 1.807) is 6.20 Å². The predicted molar refractivity (Wildman–Crippen MR) is 141 cm³/mol. The number of nitrogens with one attached hydrogen (secondary N) is 2. The van der Waals surface area contributed by atoms with E-state index in [0.717, 1.165) is 70.2 Å². The number of benzene rings is 1. The SMILES string of the molecule is CCOC(=O)[C@H]1CC2(CCNCC2)CN1Cc1ccc(CN(Cc2ncc[nH]2)Cc2nccn2C)cc1. The molecule has 0 amide bonds. The first-order valence-corrected chi connectivity index (χ1v) is 13.4. The number of nitrogens with zero attached hydrogens (tertiary/aromatic N) is 5. The van der Waals surface area contributed by atoms with E-state index >= 15 is 0 Å². The molecule has 0 aliphatic carbocycles. The maximum Gasteiger partial charge on any atom is 0.323 e. The number of ether oxygens (including phenoxy) is 1. The van der Waals surface area contributed by atoms with Crippen LogP contribution in [-0.2, 0) is 42.8 Å². The Morgan fingerprint density at radius 2 is 1.89 bits per heavy atom. The van der Waals surface area contributed by atoms with Crippen molar-refractivity contribution >= 4 is 5.97 Å². The van der Waals surface area contributed by atoms with Crippen LogP contribution in [0.3, 0.4) is 0 Å². The lowest BCUT2D eigenvalue weighted by Crippen LogP contribution is -2.38. The Balaban J connectivity index is 1.26. The summed E-state index contributed by atoms with van der Waals surface area (Å²) < 4.78 is 7.53. The second-order valence-electron chi connectivity index (χ2n) is 10.6. The number of aromatic amines is 1. The number of likely N-dealkylation sites (tertiary alicyclic amines) is 1. The molecule has 1 spiro atoms. The van der Waals surface area contributed by atoms with E-state index < -0.39 is 0 Å². The number of hydrogen-bond acceptors (Lipinski definition) is 7. The molecule has 4 heterocycles. The third-order valence-corrected chi connectivity index (χ3v) is 7.86. The van der Waals surface area contributed by atoms with Crippen molar-refractivity contribution in [2.75, 3.05) is 26.2 Å². The highest BCUT2D eigenvalue weighted by molar-refractivity contribution is 5.76.